The van der Waals surface area contributed by atoms with E-state index in [1.165, 1.54) is 6.42 Å². The standard InChI is InChI=1S/C10H12O3/c1-2-6-11-7-4-3-5(8(7)12-6)10-9(4)13-10/h2,4-10H,1,3H2/t4-,5-,7-,8-,9+,10+/m0/s1. The van der Waals surface area contributed by atoms with E-state index in [0.717, 1.165) is 0 Å². The van der Waals surface area contributed by atoms with Crippen LogP contribution in [0.1, 0.15) is 6.42 Å². The lowest BCUT2D eigenvalue weighted by atomic mass is 9.95. The first-order valence-corrected chi connectivity index (χ1v) is 4.97. The smallest absolute Gasteiger partial charge is 0.177 e. The molecule has 4 rings (SSSR count). The number of epoxide rings is 1. The highest BCUT2D eigenvalue weighted by Crippen LogP contribution is 2.59. The number of hydrogen-bond acceptors (Lipinski definition) is 3. The minimum absolute atomic E-state index is 0.169. The highest BCUT2D eigenvalue weighted by atomic mass is 16.7. The molecular weight excluding hydrogens is 168 g/mol. The van der Waals surface area contributed by atoms with Crippen molar-refractivity contribution in [3.8, 4) is 0 Å². The second kappa shape index (κ2) is 2.00. The molecule has 0 aromatic carbocycles. The Bertz CT molecular complexity index is 255. The molecule has 2 saturated heterocycles. The second-order valence-corrected chi connectivity index (χ2v) is 4.43. The van der Waals surface area contributed by atoms with E-state index in [1.54, 1.807) is 6.08 Å². The molecule has 0 spiro atoms. The van der Waals surface area contributed by atoms with E-state index in [-0.39, 0.29) is 18.5 Å². The number of rotatable bonds is 1. The molecule has 2 bridgehead atoms. The highest BCUT2D eigenvalue weighted by Gasteiger charge is 2.70. The van der Waals surface area contributed by atoms with Crippen LogP contribution in [-0.4, -0.2) is 30.7 Å². The van der Waals surface area contributed by atoms with Crippen LogP contribution in [0.4, 0.5) is 0 Å². The molecule has 0 amide bonds. The summed E-state index contributed by atoms with van der Waals surface area (Å²) in [6.45, 7) is 3.69. The maximum absolute atomic E-state index is 5.75. The molecule has 3 heteroatoms. The summed E-state index contributed by atoms with van der Waals surface area (Å²) in [6.07, 6.45) is 4.39. The zero-order valence-corrected chi connectivity index (χ0v) is 7.26. The Morgan fingerprint density at radius 1 is 0.923 bits per heavy atom. The maximum Gasteiger partial charge on any atom is 0.177 e. The largest absolute Gasteiger partial charge is 0.369 e. The summed E-state index contributed by atoms with van der Waals surface area (Å²) in [6, 6.07) is 0. The zero-order chi connectivity index (χ0) is 8.58. The SMILES string of the molecule is C=CC1O[C@H]2[C@@H]3C[C@H]([C@H]4O[C@H]34)[C@@H]2O1. The highest BCUT2D eigenvalue weighted by molar-refractivity contribution is 5.17. The molecule has 0 unspecified atom stereocenters. The van der Waals surface area contributed by atoms with Gasteiger partial charge in [0.05, 0.1) is 24.4 Å². The fraction of sp³-hybridized carbons (Fsp3) is 0.800. The van der Waals surface area contributed by atoms with Gasteiger partial charge in [-0.3, -0.25) is 0 Å². The van der Waals surface area contributed by atoms with Crippen LogP contribution < -0.4 is 0 Å². The Balaban J connectivity index is 1.67. The van der Waals surface area contributed by atoms with Crippen molar-refractivity contribution in [1.29, 1.82) is 0 Å². The summed E-state index contributed by atoms with van der Waals surface area (Å²) in [5.74, 6) is 1.20. The molecule has 4 aliphatic rings. The molecular formula is C10H12O3. The Hall–Kier alpha value is -0.380. The predicted molar refractivity (Wildman–Crippen MR) is 44.0 cm³/mol. The molecule has 0 aromatic heterocycles. The first-order valence-electron chi connectivity index (χ1n) is 4.97. The Morgan fingerprint density at radius 3 is 2.00 bits per heavy atom. The molecule has 4 fully saturated rings. The maximum atomic E-state index is 5.75. The van der Waals surface area contributed by atoms with Crippen molar-refractivity contribution in [3.63, 3.8) is 0 Å². The molecule has 2 aliphatic carbocycles. The van der Waals surface area contributed by atoms with Crippen molar-refractivity contribution in [2.24, 2.45) is 11.8 Å². The van der Waals surface area contributed by atoms with Crippen molar-refractivity contribution in [1.82, 2.24) is 0 Å². The van der Waals surface area contributed by atoms with Crippen LogP contribution in [-0.2, 0) is 14.2 Å². The van der Waals surface area contributed by atoms with Crippen molar-refractivity contribution < 1.29 is 14.2 Å². The topological polar surface area (TPSA) is 31.0 Å². The summed E-state index contributed by atoms with van der Waals surface area (Å²) in [5, 5.41) is 0. The average Bonchev–Trinajstić information content (AvgIpc) is 2.59. The minimum atomic E-state index is -0.169. The van der Waals surface area contributed by atoms with Gasteiger partial charge in [0.2, 0.25) is 0 Å². The van der Waals surface area contributed by atoms with Gasteiger partial charge in [0, 0.05) is 11.8 Å². The van der Waals surface area contributed by atoms with E-state index in [1.807, 2.05) is 0 Å². The average molecular weight is 180 g/mol. The quantitative estimate of drug-likeness (QED) is 0.439. The van der Waals surface area contributed by atoms with Crippen LogP contribution in [0.5, 0.6) is 0 Å². The lowest BCUT2D eigenvalue weighted by Gasteiger charge is -2.17. The van der Waals surface area contributed by atoms with Gasteiger partial charge >= 0.3 is 0 Å². The van der Waals surface area contributed by atoms with Gasteiger partial charge in [0.25, 0.3) is 0 Å². The molecule has 2 saturated carbocycles. The van der Waals surface area contributed by atoms with Crippen molar-refractivity contribution in [2.75, 3.05) is 0 Å². The Kier molecular flexibility index (Phi) is 1.07. The second-order valence-electron chi connectivity index (χ2n) is 4.43. The lowest BCUT2D eigenvalue weighted by molar-refractivity contribution is -0.0536. The summed E-state index contributed by atoms with van der Waals surface area (Å²) >= 11 is 0. The normalized spacial score (nSPS) is 66.3. The van der Waals surface area contributed by atoms with Gasteiger partial charge in [-0.05, 0) is 12.5 Å². The predicted octanol–water partition coefficient (Wildman–Crippen LogP) is 0.700. The van der Waals surface area contributed by atoms with Gasteiger partial charge in [-0.1, -0.05) is 6.58 Å². The van der Waals surface area contributed by atoms with Gasteiger partial charge in [-0.2, -0.15) is 0 Å². The van der Waals surface area contributed by atoms with Gasteiger partial charge < -0.3 is 14.2 Å². The van der Waals surface area contributed by atoms with Gasteiger partial charge in [0.1, 0.15) is 0 Å². The molecule has 2 aliphatic heterocycles. The molecule has 0 N–H and O–H groups in total. The summed E-state index contributed by atoms with van der Waals surface area (Å²) < 4.78 is 17.0. The third-order valence-electron chi connectivity index (χ3n) is 3.89. The van der Waals surface area contributed by atoms with E-state index >= 15 is 0 Å². The zero-order valence-electron chi connectivity index (χ0n) is 7.26. The van der Waals surface area contributed by atoms with Gasteiger partial charge in [-0.25, -0.2) is 0 Å². The number of ether oxygens (including phenoxy) is 3. The fourth-order valence-corrected chi connectivity index (χ4v) is 3.35. The molecule has 13 heavy (non-hydrogen) atoms. The fourth-order valence-electron chi connectivity index (χ4n) is 3.35. The number of hydrogen-bond donors (Lipinski definition) is 0. The first-order chi connectivity index (χ1) is 6.38. The number of fused-ring (bicyclic) bond motifs is 8. The van der Waals surface area contributed by atoms with Crippen LogP contribution in [0.25, 0.3) is 0 Å². The van der Waals surface area contributed by atoms with E-state index in [9.17, 15) is 0 Å². The van der Waals surface area contributed by atoms with E-state index in [4.69, 9.17) is 14.2 Å². The molecule has 2 heterocycles. The van der Waals surface area contributed by atoms with Crippen LogP contribution in [0.15, 0.2) is 12.7 Å². The van der Waals surface area contributed by atoms with Crippen molar-refractivity contribution in [2.45, 2.75) is 37.1 Å². The summed E-state index contributed by atoms with van der Waals surface area (Å²) in [5.41, 5.74) is 0. The molecule has 0 aromatic rings. The van der Waals surface area contributed by atoms with Crippen molar-refractivity contribution >= 4 is 0 Å². The van der Waals surface area contributed by atoms with Crippen LogP contribution in [0, 0.1) is 11.8 Å². The monoisotopic (exact) mass is 180 g/mol. The Morgan fingerprint density at radius 2 is 1.46 bits per heavy atom. The summed E-state index contributed by atoms with van der Waals surface area (Å²) in [4.78, 5) is 0. The lowest BCUT2D eigenvalue weighted by Crippen LogP contribution is -2.33. The van der Waals surface area contributed by atoms with E-state index in [0.29, 0.717) is 24.0 Å². The van der Waals surface area contributed by atoms with Crippen LogP contribution in [0.2, 0.25) is 0 Å². The molecule has 6 atom stereocenters. The van der Waals surface area contributed by atoms with Crippen LogP contribution >= 0.6 is 0 Å². The molecule has 3 nitrogen and oxygen atoms in total. The van der Waals surface area contributed by atoms with E-state index < -0.39 is 0 Å². The van der Waals surface area contributed by atoms with Gasteiger partial charge in [-0.15, -0.1) is 0 Å². The molecule has 0 radical (unpaired) electrons. The van der Waals surface area contributed by atoms with Crippen molar-refractivity contribution in [3.05, 3.63) is 12.7 Å². The summed E-state index contributed by atoms with van der Waals surface area (Å²) in [7, 11) is 0. The molecule has 70 valence electrons. The minimum Gasteiger partial charge on any atom is -0.369 e. The Labute approximate surface area is 76.7 Å². The van der Waals surface area contributed by atoms with E-state index in [2.05, 4.69) is 6.58 Å². The third-order valence-corrected chi connectivity index (χ3v) is 3.89. The first kappa shape index (κ1) is 6.98. The third kappa shape index (κ3) is 0.685. The van der Waals surface area contributed by atoms with Gasteiger partial charge in [0.15, 0.2) is 6.29 Å². The van der Waals surface area contributed by atoms with Crippen LogP contribution in [0.3, 0.4) is 0 Å².